The van der Waals surface area contributed by atoms with Crippen molar-refractivity contribution in [1.29, 1.82) is 0 Å². The molecule has 12 nitrogen and oxygen atoms in total. The molecule has 0 aromatic heterocycles. The third-order valence-corrected chi connectivity index (χ3v) is 16.4. The Bertz CT molecular complexity index is 1530. The fourth-order valence-corrected chi connectivity index (χ4v) is 11.3. The second-order valence-corrected chi connectivity index (χ2v) is 24.5. The molecule has 0 bridgehead atoms. The van der Waals surface area contributed by atoms with Gasteiger partial charge in [-0.2, -0.15) is 8.42 Å². The largest absolute Gasteiger partial charge is 0.397 e. The van der Waals surface area contributed by atoms with E-state index in [1.54, 1.807) is 6.08 Å². The zero-order valence-corrected chi connectivity index (χ0v) is 51.8. The molecule has 0 aliphatic carbocycles. The van der Waals surface area contributed by atoms with Crippen molar-refractivity contribution in [2.45, 2.75) is 365 Å². The van der Waals surface area contributed by atoms with Gasteiger partial charge in [0, 0.05) is 6.42 Å². The van der Waals surface area contributed by atoms with E-state index in [2.05, 4.69) is 47.7 Å². The first-order chi connectivity index (χ1) is 38.5. The fraction of sp³-hybridized carbons (Fsp3) is 0.894. The van der Waals surface area contributed by atoms with E-state index in [9.17, 15) is 38.2 Å². The van der Waals surface area contributed by atoms with Gasteiger partial charge in [0.05, 0.1) is 25.4 Å². The predicted octanol–water partition coefficient (Wildman–Crippen LogP) is 16.9. The number of hydrogen-bond acceptors (Lipinski definition) is 10. The van der Waals surface area contributed by atoms with Gasteiger partial charge >= 0.3 is 10.4 Å². The van der Waals surface area contributed by atoms with Gasteiger partial charge in [-0.3, -0.25) is 9.35 Å². The summed E-state index contributed by atoms with van der Waals surface area (Å²) in [6.07, 6.45) is 63.5. The number of hydrogen-bond donors (Lipinski definition) is 6. The Labute approximate surface area is 485 Å². The van der Waals surface area contributed by atoms with E-state index >= 15 is 0 Å². The molecule has 79 heavy (non-hydrogen) atoms. The molecule has 13 heteroatoms. The van der Waals surface area contributed by atoms with Crippen molar-refractivity contribution in [3.8, 4) is 0 Å². The van der Waals surface area contributed by atoms with Crippen LogP contribution >= 0.6 is 0 Å². The lowest BCUT2D eigenvalue weighted by molar-refractivity contribution is -0.298. The fourth-order valence-electron chi connectivity index (χ4n) is 10.8. The van der Waals surface area contributed by atoms with Crippen LogP contribution in [0.1, 0.15) is 322 Å². The molecule has 1 fully saturated rings. The van der Waals surface area contributed by atoms with E-state index in [1.807, 2.05) is 6.08 Å². The normalized spacial score (nSPS) is 18.9. The Morgan fingerprint density at radius 1 is 0.506 bits per heavy atom. The van der Waals surface area contributed by atoms with Crippen LogP contribution in [0.3, 0.4) is 0 Å². The number of ether oxygens (including phenoxy) is 2. The zero-order chi connectivity index (χ0) is 57.5. The number of amides is 1. The van der Waals surface area contributed by atoms with E-state index in [-0.39, 0.29) is 18.9 Å². The number of nitrogens with one attached hydrogen (secondary N) is 1. The van der Waals surface area contributed by atoms with Gasteiger partial charge in [0.15, 0.2) is 6.29 Å². The summed E-state index contributed by atoms with van der Waals surface area (Å²) in [6.45, 7) is 3.45. The van der Waals surface area contributed by atoms with Crippen LogP contribution in [-0.4, -0.2) is 95.4 Å². The number of carbonyl (C=O) groups is 1. The monoisotopic (exact) mass is 1140 g/mol. The average Bonchev–Trinajstić information content (AvgIpc) is 3.44. The maximum atomic E-state index is 13.2. The van der Waals surface area contributed by atoms with Gasteiger partial charge in [-0.25, -0.2) is 4.18 Å². The third-order valence-electron chi connectivity index (χ3n) is 15.9. The molecule has 7 unspecified atom stereocenters. The van der Waals surface area contributed by atoms with Crippen molar-refractivity contribution in [2.75, 3.05) is 13.2 Å². The highest BCUT2D eigenvalue weighted by Gasteiger charge is 2.48. The molecule has 1 aliphatic heterocycles. The molecule has 1 amide bonds. The molecule has 1 heterocycles. The second kappa shape index (κ2) is 55.5. The molecule has 0 aromatic rings. The smallest absolute Gasteiger partial charge is 0.394 e. The highest BCUT2D eigenvalue weighted by atomic mass is 32.3. The van der Waals surface area contributed by atoms with Crippen LogP contribution in [0, 0.1) is 0 Å². The van der Waals surface area contributed by atoms with Crippen LogP contribution in [0.5, 0.6) is 0 Å². The van der Waals surface area contributed by atoms with E-state index in [1.165, 1.54) is 250 Å². The summed E-state index contributed by atoms with van der Waals surface area (Å²) in [7, 11) is -5.09. The van der Waals surface area contributed by atoms with Crippen molar-refractivity contribution in [1.82, 2.24) is 5.32 Å². The first-order valence-electron chi connectivity index (χ1n) is 33.4. The van der Waals surface area contributed by atoms with Crippen molar-refractivity contribution in [3.63, 3.8) is 0 Å². The topological polar surface area (TPSA) is 192 Å². The van der Waals surface area contributed by atoms with Crippen LogP contribution in [0.2, 0.25) is 0 Å². The summed E-state index contributed by atoms with van der Waals surface area (Å²) < 4.78 is 48.0. The highest BCUT2D eigenvalue weighted by Crippen LogP contribution is 2.26. The van der Waals surface area contributed by atoms with E-state index in [4.69, 9.17) is 9.47 Å². The van der Waals surface area contributed by atoms with Gasteiger partial charge < -0.3 is 35.2 Å². The first kappa shape index (κ1) is 75.3. The Morgan fingerprint density at radius 2 is 0.848 bits per heavy atom. The number of carbonyl (C=O) groups excluding carboxylic acids is 1. The number of unbranched alkanes of at least 4 members (excludes halogenated alkanes) is 43. The van der Waals surface area contributed by atoms with Crippen molar-refractivity contribution >= 4 is 16.3 Å². The lowest BCUT2D eigenvalue weighted by atomic mass is 9.99. The van der Waals surface area contributed by atoms with Gasteiger partial charge in [-0.05, 0) is 51.4 Å². The average molecular weight is 1140 g/mol. The molecule has 0 spiro atoms. The summed E-state index contributed by atoms with van der Waals surface area (Å²) in [5, 5.41) is 45.1. The summed E-state index contributed by atoms with van der Waals surface area (Å²) in [4.78, 5) is 13.2. The Balaban J connectivity index is 2.27. The number of allylic oxidation sites excluding steroid dienone is 5. The lowest BCUT2D eigenvalue weighted by Crippen LogP contribution is -2.61. The van der Waals surface area contributed by atoms with Gasteiger partial charge in [-0.15, -0.1) is 0 Å². The minimum Gasteiger partial charge on any atom is -0.394 e. The van der Waals surface area contributed by atoms with E-state index in [0.29, 0.717) is 6.42 Å². The number of aliphatic hydroxyl groups is 4. The van der Waals surface area contributed by atoms with Gasteiger partial charge in [0.1, 0.15) is 24.4 Å². The molecule has 1 rings (SSSR count). The van der Waals surface area contributed by atoms with Crippen LogP contribution in [-0.2, 0) is 28.9 Å². The maximum Gasteiger partial charge on any atom is 0.397 e. The summed E-state index contributed by atoms with van der Waals surface area (Å²) in [5.74, 6) is -0.258. The lowest BCUT2D eigenvalue weighted by Gasteiger charge is -2.41. The Hall–Kier alpha value is -1.68. The molecule has 0 radical (unpaired) electrons. The number of aliphatic hydroxyl groups excluding tert-OH is 4. The summed E-state index contributed by atoms with van der Waals surface area (Å²) >= 11 is 0. The molecule has 466 valence electrons. The van der Waals surface area contributed by atoms with Crippen LogP contribution in [0.25, 0.3) is 0 Å². The van der Waals surface area contributed by atoms with Crippen LogP contribution in [0.4, 0.5) is 0 Å². The number of rotatable bonds is 59. The van der Waals surface area contributed by atoms with Gasteiger partial charge in [0.2, 0.25) is 5.91 Å². The van der Waals surface area contributed by atoms with Crippen molar-refractivity contribution < 1.29 is 51.8 Å². The van der Waals surface area contributed by atoms with Crippen molar-refractivity contribution in [3.05, 3.63) is 36.5 Å². The van der Waals surface area contributed by atoms with Crippen LogP contribution in [0.15, 0.2) is 36.5 Å². The molecule has 0 aromatic carbocycles. The second-order valence-electron chi connectivity index (χ2n) is 23.4. The maximum absolute atomic E-state index is 13.2. The molecule has 1 aliphatic rings. The van der Waals surface area contributed by atoms with Gasteiger partial charge in [-0.1, -0.05) is 301 Å². The van der Waals surface area contributed by atoms with Crippen LogP contribution < -0.4 is 5.32 Å². The zero-order valence-electron chi connectivity index (χ0n) is 51.0. The summed E-state index contributed by atoms with van der Waals surface area (Å²) in [5.41, 5.74) is 0. The molecule has 0 saturated carbocycles. The molecule has 6 N–H and O–H groups in total. The quantitative estimate of drug-likeness (QED) is 0.0193. The molecular weight excluding hydrogens is 1010 g/mol. The molecule has 7 atom stereocenters. The van der Waals surface area contributed by atoms with E-state index in [0.717, 1.165) is 44.9 Å². The molecular formula is C66H125NO11S. The third kappa shape index (κ3) is 47.4. The molecule has 1 saturated heterocycles. The predicted molar refractivity (Wildman–Crippen MR) is 328 cm³/mol. The summed E-state index contributed by atoms with van der Waals surface area (Å²) in [6, 6.07) is -0.945. The first-order valence-corrected chi connectivity index (χ1v) is 34.7. The minimum atomic E-state index is -5.09. The SMILES string of the molecule is CCCCCCCCCCC/C=C\C/C=C\CCCCCCCCCCCCCCCCCC(=O)NC(COC1OC(CO)C(O)C(OS(=O)(=O)O)C1O)C(O)/C=C/CCCCCCCCCCCCCCCCCCCCC. The Morgan fingerprint density at radius 3 is 1.20 bits per heavy atom. The van der Waals surface area contributed by atoms with E-state index < -0.39 is 59.9 Å². The van der Waals surface area contributed by atoms with Crippen molar-refractivity contribution in [2.24, 2.45) is 0 Å². The highest BCUT2D eigenvalue weighted by molar-refractivity contribution is 7.80. The minimum absolute atomic E-state index is 0.258. The Kier molecular flexibility index (Phi) is 52.9. The van der Waals surface area contributed by atoms with Gasteiger partial charge in [0.25, 0.3) is 0 Å². The standard InChI is InChI=1S/C66H125NO11S/c1-3-5-7-9-11-13-15-17-19-21-23-25-26-27-28-29-30-31-32-33-34-36-38-40-42-44-46-48-50-52-54-56-62(70)67-59(58-76-66-64(72)65(78-79(73,74)75)63(71)61(57-68)77-66)60(69)55-53-51-49-47-45-43-41-39-37-35-24-22-20-18-16-14-12-10-8-6-4-2/h23,25,27-28,53,55,59-61,63-66,68-69,71-72H,3-22,24,26,29-52,54,56-58H2,1-2H3,(H,67,70)(H,73,74,75)/b25-23-,28-27-,55-53+.